The third-order valence-corrected chi connectivity index (χ3v) is 3.34. The number of nitrogens with zero attached hydrogens (tertiary/aromatic N) is 1. The SMILES string of the molecule is CCCCCCNC(N)=NCc1ccc(OC)c(NC(C)=O)c1. The molecule has 0 saturated carbocycles. The van der Waals surface area contributed by atoms with Gasteiger partial charge in [0.1, 0.15) is 5.75 Å². The van der Waals surface area contributed by atoms with E-state index in [0.717, 1.165) is 18.5 Å². The lowest BCUT2D eigenvalue weighted by atomic mass is 10.2. The number of unbranched alkanes of at least 4 members (excludes halogenated alkanes) is 3. The van der Waals surface area contributed by atoms with Gasteiger partial charge >= 0.3 is 0 Å². The summed E-state index contributed by atoms with van der Waals surface area (Å²) in [5.74, 6) is 0.922. The topological polar surface area (TPSA) is 88.7 Å². The van der Waals surface area contributed by atoms with Gasteiger partial charge in [-0.05, 0) is 24.1 Å². The van der Waals surface area contributed by atoms with Crippen molar-refractivity contribution in [2.45, 2.75) is 46.1 Å². The number of aliphatic imine (C=N–C) groups is 1. The average Bonchev–Trinajstić information content (AvgIpc) is 2.52. The monoisotopic (exact) mass is 320 g/mol. The Bertz CT molecular complexity index is 529. The fourth-order valence-electron chi connectivity index (χ4n) is 2.14. The Labute approximate surface area is 138 Å². The van der Waals surface area contributed by atoms with Crippen molar-refractivity contribution < 1.29 is 9.53 Å². The maximum absolute atomic E-state index is 11.2. The normalized spacial score (nSPS) is 11.2. The highest BCUT2D eigenvalue weighted by Crippen LogP contribution is 2.25. The van der Waals surface area contributed by atoms with Crippen molar-refractivity contribution in [3.8, 4) is 5.75 Å². The van der Waals surface area contributed by atoms with Crippen LogP contribution in [0.2, 0.25) is 0 Å². The molecule has 1 rings (SSSR count). The molecule has 0 atom stereocenters. The molecule has 0 heterocycles. The van der Waals surface area contributed by atoms with Crippen LogP contribution in [0.25, 0.3) is 0 Å². The van der Waals surface area contributed by atoms with Crippen LogP contribution in [-0.2, 0) is 11.3 Å². The molecule has 0 unspecified atom stereocenters. The van der Waals surface area contributed by atoms with Crippen molar-refractivity contribution in [3.05, 3.63) is 23.8 Å². The van der Waals surface area contributed by atoms with Gasteiger partial charge in [-0.1, -0.05) is 32.3 Å². The van der Waals surface area contributed by atoms with E-state index in [9.17, 15) is 4.79 Å². The van der Waals surface area contributed by atoms with E-state index < -0.39 is 0 Å². The molecule has 1 aromatic rings. The number of carbonyl (C=O) groups is 1. The minimum Gasteiger partial charge on any atom is -0.495 e. The quantitative estimate of drug-likeness (QED) is 0.371. The standard InChI is InChI=1S/C17H28N4O2/c1-4-5-6-7-10-19-17(18)20-12-14-8-9-16(23-3)15(11-14)21-13(2)22/h8-9,11H,4-7,10,12H2,1-3H3,(H,21,22)(H3,18,19,20). The van der Waals surface area contributed by atoms with E-state index in [1.165, 1.54) is 26.2 Å². The van der Waals surface area contributed by atoms with Crippen molar-refractivity contribution >= 4 is 17.6 Å². The van der Waals surface area contributed by atoms with Crippen molar-refractivity contribution in [2.24, 2.45) is 10.7 Å². The number of amides is 1. The molecular weight excluding hydrogens is 292 g/mol. The Morgan fingerprint density at radius 3 is 2.74 bits per heavy atom. The van der Waals surface area contributed by atoms with Crippen LogP contribution in [0.1, 0.15) is 45.1 Å². The molecule has 6 heteroatoms. The number of hydrogen-bond acceptors (Lipinski definition) is 3. The van der Waals surface area contributed by atoms with Gasteiger partial charge in [-0.25, -0.2) is 4.99 Å². The lowest BCUT2D eigenvalue weighted by Crippen LogP contribution is -2.32. The molecule has 128 valence electrons. The number of rotatable bonds is 9. The molecule has 0 spiro atoms. The van der Waals surface area contributed by atoms with Crippen LogP contribution in [-0.4, -0.2) is 25.5 Å². The number of ether oxygens (including phenoxy) is 1. The lowest BCUT2D eigenvalue weighted by Gasteiger charge is -2.10. The van der Waals surface area contributed by atoms with Crippen LogP contribution in [0.5, 0.6) is 5.75 Å². The largest absolute Gasteiger partial charge is 0.495 e. The number of anilines is 1. The third-order valence-electron chi connectivity index (χ3n) is 3.34. The van der Waals surface area contributed by atoms with Gasteiger partial charge < -0.3 is 21.1 Å². The summed E-state index contributed by atoms with van der Waals surface area (Å²) in [4.78, 5) is 15.5. The van der Waals surface area contributed by atoms with E-state index in [1.807, 2.05) is 18.2 Å². The van der Waals surface area contributed by atoms with Gasteiger partial charge in [0, 0.05) is 13.5 Å². The summed E-state index contributed by atoms with van der Waals surface area (Å²) >= 11 is 0. The number of nitrogens with one attached hydrogen (secondary N) is 2. The number of methoxy groups -OCH3 is 1. The molecule has 0 aromatic heterocycles. The van der Waals surface area contributed by atoms with Crippen molar-refractivity contribution in [1.29, 1.82) is 0 Å². The molecule has 1 amide bonds. The summed E-state index contributed by atoms with van der Waals surface area (Å²) in [6.07, 6.45) is 4.77. The van der Waals surface area contributed by atoms with Crippen LogP contribution in [0.4, 0.5) is 5.69 Å². The Morgan fingerprint density at radius 2 is 2.09 bits per heavy atom. The van der Waals surface area contributed by atoms with E-state index in [1.54, 1.807) is 7.11 Å². The predicted molar refractivity (Wildman–Crippen MR) is 94.8 cm³/mol. The van der Waals surface area contributed by atoms with Crippen molar-refractivity contribution in [1.82, 2.24) is 5.32 Å². The van der Waals surface area contributed by atoms with Gasteiger partial charge in [0.25, 0.3) is 0 Å². The predicted octanol–water partition coefficient (Wildman–Crippen LogP) is 2.64. The van der Waals surface area contributed by atoms with Gasteiger partial charge in [0.2, 0.25) is 5.91 Å². The highest BCUT2D eigenvalue weighted by atomic mass is 16.5. The smallest absolute Gasteiger partial charge is 0.221 e. The molecule has 0 fully saturated rings. The molecule has 0 aliphatic carbocycles. The molecule has 4 N–H and O–H groups in total. The molecule has 0 radical (unpaired) electrons. The second-order valence-corrected chi connectivity index (χ2v) is 5.40. The number of benzene rings is 1. The first-order valence-corrected chi connectivity index (χ1v) is 8.05. The zero-order valence-electron chi connectivity index (χ0n) is 14.3. The number of guanidine groups is 1. The molecule has 1 aromatic carbocycles. The molecular formula is C17H28N4O2. The van der Waals surface area contributed by atoms with E-state index in [4.69, 9.17) is 10.5 Å². The highest BCUT2D eigenvalue weighted by molar-refractivity contribution is 5.90. The van der Waals surface area contributed by atoms with Gasteiger partial charge in [0.05, 0.1) is 19.3 Å². The summed E-state index contributed by atoms with van der Waals surface area (Å²) in [7, 11) is 1.57. The van der Waals surface area contributed by atoms with Gasteiger partial charge in [-0.15, -0.1) is 0 Å². The Balaban J connectivity index is 2.55. The second kappa shape index (κ2) is 10.5. The minimum absolute atomic E-state index is 0.141. The first-order valence-electron chi connectivity index (χ1n) is 8.05. The summed E-state index contributed by atoms with van der Waals surface area (Å²) in [5, 5.41) is 5.86. The molecule has 6 nitrogen and oxygen atoms in total. The minimum atomic E-state index is -0.141. The fourth-order valence-corrected chi connectivity index (χ4v) is 2.14. The molecule has 23 heavy (non-hydrogen) atoms. The van der Waals surface area contributed by atoms with Crippen LogP contribution >= 0.6 is 0 Å². The first kappa shape index (κ1) is 18.8. The van der Waals surface area contributed by atoms with Gasteiger partial charge in [0.15, 0.2) is 5.96 Å². The summed E-state index contributed by atoms with van der Waals surface area (Å²) in [6, 6.07) is 5.56. The number of nitrogens with two attached hydrogens (primary N) is 1. The summed E-state index contributed by atoms with van der Waals surface area (Å²) in [6.45, 7) is 4.94. The Morgan fingerprint density at radius 1 is 1.30 bits per heavy atom. The Hall–Kier alpha value is -2.24. The third kappa shape index (κ3) is 7.54. The van der Waals surface area contributed by atoms with Gasteiger partial charge in [-0.2, -0.15) is 0 Å². The van der Waals surface area contributed by atoms with Crippen LogP contribution in [0.3, 0.4) is 0 Å². The van der Waals surface area contributed by atoms with Crippen molar-refractivity contribution in [2.75, 3.05) is 19.0 Å². The first-order chi connectivity index (χ1) is 11.1. The van der Waals surface area contributed by atoms with E-state index in [2.05, 4.69) is 22.5 Å². The van der Waals surface area contributed by atoms with Crippen molar-refractivity contribution in [3.63, 3.8) is 0 Å². The highest BCUT2D eigenvalue weighted by Gasteiger charge is 2.06. The second-order valence-electron chi connectivity index (χ2n) is 5.40. The summed E-state index contributed by atoms with van der Waals surface area (Å²) in [5.41, 5.74) is 7.44. The number of hydrogen-bond donors (Lipinski definition) is 3. The fraction of sp³-hybridized carbons (Fsp3) is 0.529. The zero-order chi connectivity index (χ0) is 17.1. The maximum atomic E-state index is 11.2. The van der Waals surface area contributed by atoms with E-state index >= 15 is 0 Å². The van der Waals surface area contributed by atoms with Crippen LogP contribution in [0.15, 0.2) is 23.2 Å². The zero-order valence-corrected chi connectivity index (χ0v) is 14.3. The average molecular weight is 320 g/mol. The van der Waals surface area contributed by atoms with E-state index in [-0.39, 0.29) is 5.91 Å². The summed E-state index contributed by atoms with van der Waals surface area (Å²) < 4.78 is 5.22. The van der Waals surface area contributed by atoms with E-state index in [0.29, 0.717) is 23.9 Å². The molecule has 0 bridgehead atoms. The molecule has 0 aliphatic heterocycles. The molecule has 0 saturated heterocycles. The van der Waals surface area contributed by atoms with Crippen LogP contribution < -0.4 is 21.1 Å². The number of carbonyl (C=O) groups excluding carboxylic acids is 1. The lowest BCUT2D eigenvalue weighted by molar-refractivity contribution is -0.114. The molecule has 0 aliphatic rings. The van der Waals surface area contributed by atoms with Crippen LogP contribution in [0, 0.1) is 0 Å². The maximum Gasteiger partial charge on any atom is 0.221 e. The Kier molecular flexibility index (Phi) is 8.57. The van der Waals surface area contributed by atoms with Gasteiger partial charge in [-0.3, -0.25) is 4.79 Å².